The lowest BCUT2D eigenvalue weighted by molar-refractivity contribution is -0.132. The van der Waals surface area contributed by atoms with Gasteiger partial charge in [0.1, 0.15) is 29.1 Å². The number of aliphatic hydroxyl groups excluding tert-OH is 1. The van der Waals surface area contributed by atoms with Crippen LogP contribution in [-0.4, -0.2) is 23.9 Å². The largest absolute Gasteiger partial charge is 0.507 e. The van der Waals surface area contributed by atoms with E-state index in [1.54, 1.807) is 37.3 Å². The quantitative estimate of drug-likeness (QED) is 0.299. The first kappa shape index (κ1) is 22.7. The van der Waals surface area contributed by atoms with Crippen molar-refractivity contribution in [3.05, 3.63) is 86.8 Å². The summed E-state index contributed by atoms with van der Waals surface area (Å²) in [5.41, 5.74) is 3.31. The lowest BCUT2D eigenvalue weighted by Gasteiger charge is -2.25. The number of anilines is 1. The summed E-state index contributed by atoms with van der Waals surface area (Å²) in [6.07, 6.45) is 0. The van der Waals surface area contributed by atoms with Gasteiger partial charge in [-0.15, -0.1) is 0 Å². The molecule has 4 rings (SSSR count). The van der Waals surface area contributed by atoms with Gasteiger partial charge in [0.2, 0.25) is 0 Å². The van der Waals surface area contributed by atoms with Crippen LogP contribution in [0.3, 0.4) is 0 Å². The summed E-state index contributed by atoms with van der Waals surface area (Å²) in [4.78, 5) is 28.0. The third kappa shape index (κ3) is 3.80. The molecule has 1 aromatic heterocycles. The molecule has 6 nitrogen and oxygen atoms in total. The number of amides is 1. The van der Waals surface area contributed by atoms with Crippen molar-refractivity contribution in [1.82, 2.24) is 0 Å². The fourth-order valence-electron chi connectivity index (χ4n) is 4.28. The van der Waals surface area contributed by atoms with Crippen molar-refractivity contribution in [2.45, 2.75) is 33.7 Å². The van der Waals surface area contributed by atoms with Gasteiger partial charge in [0, 0.05) is 5.69 Å². The lowest BCUT2D eigenvalue weighted by atomic mass is 9.97. The summed E-state index contributed by atoms with van der Waals surface area (Å²) in [6, 6.07) is 11.5. The smallest absolute Gasteiger partial charge is 0.300 e. The highest BCUT2D eigenvalue weighted by Gasteiger charge is 2.49. The molecule has 2 aromatic carbocycles. The van der Waals surface area contributed by atoms with Gasteiger partial charge in [0.25, 0.3) is 11.7 Å². The number of ether oxygens (including phenoxy) is 1. The molecule has 1 N–H and O–H groups in total. The molecule has 1 saturated heterocycles. The monoisotopic (exact) mass is 465 g/mol. The molecule has 7 heteroatoms. The molecule has 0 spiro atoms. The van der Waals surface area contributed by atoms with Gasteiger partial charge in [-0.05, 0) is 69.2 Å². The number of Topliss-reactive ketones (excluding diaryl/α,β-unsaturated/α-hetero) is 1. The Labute approximate surface area is 197 Å². The van der Waals surface area contributed by atoms with E-state index in [4.69, 9.17) is 20.8 Å². The van der Waals surface area contributed by atoms with Gasteiger partial charge in [-0.2, -0.15) is 0 Å². The summed E-state index contributed by atoms with van der Waals surface area (Å²) in [5.74, 6) is -0.737. The lowest BCUT2D eigenvalue weighted by Crippen LogP contribution is -2.30. The van der Waals surface area contributed by atoms with Crippen LogP contribution < -0.4 is 9.64 Å². The van der Waals surface area contributed by atoms with E-state index in [0.29, 0.717) is 17.2 Å². The summed E-state index contributed by atoms with van der Waals surface area (Å²) in [6.45, 7) is 7.40. The van der Waals surface area contributed by atoms with E-state index >= 15 is 0 Å². The fraction of sp³-hybridized carbons (Fsp3) is 0.231. The molecule has 2 heterocycles. The van der Waals surface area contributed by atoms with Gasteiger partial charge in [-0.3, -0.25) is 14.5 Å². The Morgan fingerprint density at radius 2 is 1.76 bits per heavy atom. The predicted molar refractivity (Wildman–Crippen MR) is 127 cm³/mol. The first-order valence-corrected chi connectivity index (χ1v) is 10.8. The van der Waals surface area contributed by atoms with Crippen LogP contribution in [0, 0.1) is 27.7 Å². The van der Waals surface area contributed by atoms with Gasteiger partial charge in [0.15, 0.2) is 0 Å². The Morgan fingerprint density at radius 3 is 2.36 bits per heavy atom. The highest BCUT2D eigenvalue weighted by molar-refractivity contribution is 6.51. The second kappa shape index (κ2) is 8.45. The Bertz CT molecular complexity index is 1320. The zero-order chi connectivity index (χ0) is 24.0. The van der Waals surface area contributed by atoms with Crippen LogP contribution in [0.2, 0.25) is 5.02 Å². The molecule has 33 heavy (non-hydrogen) atoms. The Morgan fingerprint density at radius 1 is 1.03 bits per heavy atom. The topological polar surface area (TPSA) is 80.0 Å². The minimum atomic E-state index is -0.955. The number of furan rings is 1. The highest BCUT2D eigenvalue weighted by Crippen LogP contribution is 2.45. The van der Waals surface area contributed by atoms with Gasteiger partial charge >= 0.3 is 0 Å². The van der Waals surface area contributed by atoms with E-state index in [-0.39, 0.29) is 27.7 Å². The first-order chi connectivity index (χ1) is 15.6. The number of aliphatic hydroxyl groups is 1. The van der Waals surface area contributed by atoms with Crippen molar-refractivity contribution in [3.8, 4) is 5.75 Å². The summed E-state index contributed by atoms with van der Waals surface area (Å²) < 4.78 is 11.3. The molecule has 0 aliphatic carbocycles. The maximum Gasteiger partial charge on any atom is 0.300 e. The number of nitrogens with zero attached hydrogens (tertiary/aromatic N) is 1. The number of methoxy groups -OCH3 is 1. The highest BCUT2D eigenvalue weighted by atomic mass is 35.5. The van der Waals surface area contributed by atoms with E-state index in [2.05, 4.69) is 0 Å². The van der Waals surface area contributed by atoms with Crippen LogP contribution in [0.25, 0.3) is 5.76 Å². The number of hydrogen-bond donors (Lipinski definition) is 1. The van der Waals surface area contributed by atoms with Crippen LogP contribution in [0.4, 0.5) is 5.69 Å². The van der Waals surface area contributed by atoms with E-state index in [9.17, 15) is 14.7 Å². The molecule has 3 aromatic rings. The summed E-state index contributed by atoms with van der Waals surface area (Å²) >= 11 is 6.33. The van der Waals surface area contributed by atoms with Crippen LogP contribution in [0.15, 0.2) is 52.5 Å². The van der Waals surface area contributed by atoms with E-state index < -0.39 is 17.7 Å². The maximum absolute atomic E-state index is 13.3. The van der Waals surface area contributed by atoms with Crippen molar-refractivity contribution in [3.63, 3.8) is 0 Å². The van der Waals surface area contributed by atoms with Crippen molar-refractivity contribution in [1.29, 1.82) is 0 Å². The number of ketones is 1. The minimum Gasteiger partial charge on any atom is -0.507 e. The number of carbonyl (C=O) groups excluding carboxylic acids is 2. The van der Waals surface area contributed by atoms with E-state index in [0.717, 1.165) is 16.7 Å². The van der Waals surface area contributed by atoms with Gasteiger partial charge in [0.05, 0.1) is 23.3 Å². The third-order valence-corrected chi connectivity index (χ3v) is 6.01. The molecule has 1 amide bonds. The zero-order valence-electron chi connectivity index (χ0n) is 19.0. The average molecular weight is 466 g/mol. The molecule has 1 fully saturated rings. The Kier molecular flexibility index (Phi) is 5.80. The molecular weight excluding hydrogens is 442 g/mol. The van der Waals surface area contributed by atoms with Crippen LogP contribution in [0.5, 0.6) is 5.75 Å². The maximum atomic E-state index is 13.3. The molecule has 0 saturated carbocycles. The van der Waals surface area contributed by atoms with Crippen LogP contribution >= 0.6 is 11.6 Å². The predicted octanol–water partition coefficient (Wildman–Crippen LogP) is 5.80. The number of rotatable bonds is 4. The van der Waals surface area contributed by atoms with E-state index in [1.807, 2.05) is 32.9 Å². The molecule has 1 atom stereocenters. The number of aryl methyl sites for hydroxylation is 4. The van der Waals surface area contributed by atoms with Crippen molar-refractivity contribution in [2.75, 3.05) is 12.0 Å². The Balaban J connectivity index is 2.02. The molecule has 1 unspecified atom stereocenters. The van der Waals surface area contributed by atoms with Crippen molar-refractivity contribution < 1.29 is 23.8 Å². The molecule has 0 bridgehead atoms. The van der Waals surface area contributed by atoms with Crippen LogP contribution in [-0.2, 0) is 9.59 Å². The number of benzene rings is 2. The minimum absolute atomic E-state index is 0.0886. The Hall–Kier alpha value is -3.51. The van der Waals surface area contributed by atoms with Crippen molar-refractivity contribution in [2.24, 2.45) is 0 Å². The molecule has 1 aliphatic heterocycles. The fourth-order valence-corrected chi connectivity index (χ4v) is 4.63. The summed E-state index contributed by atoms with van der Waals surface area (Å²) in [7, 11) is 1.43. The number of halogens is 1. The van der Waals surface area contributed by atoms with Crippen molar-refractivity contribution >= 4 is 34.7 Å². The third-order valence-electron chi connectivity index (χ3n) is 5.73. The standard InChI is InChI=1S/C26H24ClNO5/c1-13-6-8-19(15(3)10-13)28-22(20-9-7-16(4)33-20)21(24(30)26(28)31)23(29)17-11-14(2)12-18(27)25(17)32-5/h6-12,22,29H,1-5H3/b23-21+. The van der Waals surface area contributed by atoms with Crippen LogP contribution in [0.1, 0.15) is 39.8 Å². The number of carbonyl (C=O) groups is 2. The molecule has 0 radical (unpaired) electrons. The number of hydrogen-bond acceptors (Lipinski definition) is 5. The normalized spacial score (nSPS) is 17.6. The molecular formula is C26H24ClNO5. The van der Waals surface area contributed by atoms with Gasteiger partial charge in [-0.1, -0.05) is 29.3 Å². The summed E-state index contributed by atoms with van der Waals surface area (Å²) in [5, 5.41) is 11.7. The molecule has 170 valence electrons. The second-order valence-electron chi connectivity index (χ2n) is 8.24. The SMILES string of the molecule is COc1c(Cl)cc(C)cc1/C(O)=C1\C(=O)C(=O)N(c2ccc(C)cc2C)C1c1ccc(C)o1. The average Bonchev–Trinajstić information content (AvgIpc) is 3.28. The molecule has 1 aliphatic rings. The van der Waals surface area contributed by atoms with Gasteiger partial charge < -0.3 is 14.3 Å². The van der Waals surface area contributed by atoms with Gasteiger partial charge in [-0.25, -0.2) is 0 Å². The first-order valence-electron chi connectivity index (χ1n) is 10.4. The zero-order valence-corrected chi connectivity index (χ0v) is 19.8. The second-order valence-corrected chi connectivity index (χ2v) is 8.64. The van der Waals surface area contributed by atoms with E-state index in [1.165, 1.54) is 12.0 Å².